The molecule has 0 radical (unpaired) electrons. The Morgan fingerprint density at radius 2 is 0.778 bits per heavy atom. The first kappa shape index (κ1) is 34.5. The molecular formula is C41H46O4. The number of allylic oxidation sites excluding steroid dienone is 1. The monoisotopic (exact) mass is 602 g/mol. The summed E-state index contributed by atoms with van der Waals surface area (Å²) in [6.07, 6.45) is 9.51. The molecule has 0 N–H and O–H groups in total. The molecule has 0 atom stereocenters. The van der Waals surface area contributed by atoms with E-state index in [1.165, 1.54) is 53.5 Å². The second-order valence-electron chi connectivity index (χ2n) is 10.2. The average molecular weight is 603 g/mol. The highest BCUT2D eigenvalue weighted by molar-refractivity contribution is 5.65. The summed E-state index contributed by atoms with van der Waals surface area (Å²) in [5.74, 6) is 3.55. The Bertz CT molecular complexity index is 1440. The van der Waals surface area contributed by atoms with E-state index in [9.17, 15) is 0 Å². The van der Waals surface area contributed by atoms with Gasteiger partial charge in [-0.05, 0) is 89.2 Å². The van der Waals surface area contributed by atoms with Gasteiger partial charge in [-0.2, -0.15) is 0 Å². The Morgan fingerprint density at radius 3 is 1.13 bits per heavy atom. The van der Waals surface area contributed by atoms with Crippen molar-refractivity contribution in [2.45, 2.75) is 32.6 Å². The Hall–Kier alpha value is -4.96. The van der Waals surface area contributed by atoms with Gasteiger partial charge in [0.2, 0.25) is 0 Å². The topological polar surface area (TPSA) is 36.9 Å². The van der Waals surface area contributed by atoms with E-state index in [0.717, 1.165) is 23.0 Å². The van der Waals surface area contributed by atoms with Crippen LogP contribution in [0.25, 0.3) is 28.3 Å². The number of rotatable bonds is 11. The summed E-state index contributed by atoms with van der Waals surface area (Å²) in [6.45, 7) is 2.23. The highest BCUT2D eigenvalue weighted by Crippen LogP contribution is 2.24. The molecule has 5 aromatic carbocycles. The second-order valence-corrected chi connectivity index (χ2v) is 10.2. The molecule has 0 heterocycles. The van der Waals surface area contributed by atoms with E-state index < -0.39 is 0 Å². The van der Waals surface area contributed by atoms with E-state index >= 15 is 0 Å². The molecule has 5 rings (SSSR count). The number of hydrogen-bond donors (Lipinski definition) is 0. The van der Waals surface area contributed by atoms with Gasteiger partial charge in [-0.25, -0.2) is 0 Å². The van der Waals surface area contributed by atoms with Gasteiger partial charge in [-0.15, -0.1) is 0 Å². The number of benzene rings is 5. The van der Waals surface area contributed by atoms with Gasteiger partial charge in [0.25, 0.3) is 0 Å². The zero-order chi connectivity index (χ0) is 32.1. The van der Waals surface area contributed by atoms with Crippen molar-refractivity contribution in [1.29, 1.82) is 0 Å². The predicted molar refractivity (Wildman–Crippen MR) is 190 cm³/mol. The second kappa shape index (κ2) is 20.1. The van der Waals surface area contributed by atoms with Crippen LogP contribution in [0.5, 0.6) is 23.0 Å². The fourth-order valence-corrected chi connectivity index (χ4v) is 4.43. The smallest absolute Gasteiger partial charge is 0.118 e. The molecule has 5 aromatic rings. The van der Waals surface area contributed by atoms with Crippen molar-refractivity contribution < 1.29 is 18.9 Å². The van der Waals surface area contributed by atoms with E-state index in [4.69, 9.17) is 18.9 Å². The minimum absolute atomic E-state index is 0.872. The molecule has 234 valence electrons. The molecule has 0 spiro atoms. The third-order valence-corrected chi connectivity index (χ3v) is 7.11. The molecule has 0 aliphatic carbocycles. The van der Waals surface area contributed by atoms with Crippen LogP contribution in [0.4, 0.5) is 0 Å². The van der Waals surface area contributed by atoms with Crippen LogP contribution in [0, 0.1) is 0 Å². The molecule has 0 aliphatic heterocycles. The lowest BCUT2D eigenvalue weighted by Gasteiger charge is -2.05. The normalized spacial score (nSPS) is 10.2. The highest BCUT2D eigenvalue weighted by atomic mass is 16.5. The van der Waals surface area contributed by atoms with Crippen LogP contribution in [0.15, 0.2) is 133 Å². The third kappa shape index (κ3) is 12.3. The largest absolute Gasteiger partial charge is 0.497 e. The zero-order valence-corrected chi connectivity index (χ0v) is 27.2. The van der Waals surface area contributed by atoms with E-state index in [-0.39, 0.29) is 0 Å². The molecule has 0 bridgehead atoms. The fourth-order valence-electron chi connectivity index (χ4n) is 4.43. The first-order valence-electron chi connectivity index (χ1n) is 15.4. The molecule has 0 aromatic heterocycles. The molecule has 4 nitrogen and oxygen atoms in total. The summed E-state index contributed by atoms with van der Waals surface area (Å²) in [6, 6.07) is 42.5. The average Bonchev–Trinajstić information content (AvgIpc) is 3.13. The summed E-state index contributed by atoms with van der Waals surface area (Å²) in [5.41, 5.74) is 6.03. The van der Waals surface area contributed by atoms with Crippen molar-refractivity contribution in [3.63, 3.8) is 0 Å². The van der Waals surface area contributed by atoms with Crippen LogP contribution in [0.3, 0.4) is 0 Å². The van der Waals surface area contributed by atoms with Crippen LogP contribution in [0.2, 0.25) is 0 Å². The molecule has 0 fully saturated rings. The Labute approximate surface area is 269 Å². The summed E-state index contributed by atoms with van der Waals surface area (Å²) < 4.78 is 20.5. The molecule has 0 unspecified atom stereocenters. The maximum absolute atomic E-state index is 5.12. The molecule has 0 aliphatic rings. The van der Waals surface area contributed by atoms with Crippen molar-refractivity contribution in [1.82, 2.24) is 0 Å². The molecule has 0 saturated heterocycles. The molecule has 4 heteroatoms. The van der Waals surface area contributed by atoms with Crippen molar-refractivity contribution in [2.75, 3.05) is 28.4 Å². The predicted octanol–water partition coefficient (Wildman–Crippen LogP) is 11.0. The highest BCUT2D eigenvalue weighted by Gasteiger charge is 1.99. The quantitative estimate of drug-likeness (QED) is 0.141. The van der Waals surface area contributed by atoms with Crippen molar-refractivity contribution >= 4 is 6.08 Å². The van der Waals surface area contributed by atoms with Gasteiger partial charge in [-0.1, -0.05) is 111 Å². The SMILES string of the molecule is CCCCC/C=C/c1ccc(OC)cc1.COc1ccc(-c2ccc(OC)cc2)cc1.COc1ccc(-c2ccccc2)cc1. The minimum atomic E-state index is 0.872. The number of hydrogen-bond acceptors (Lipinski definition) is 4. The summed E-state index contributed by atoms with van der Waals surface area (Å²) in [7, 11) is 6.71. The van der Waals surface area contributed by atoms with Crippen LogP contribution in [-0.2, 0) is 0 Å². The van der Waals surface area contributed by atoms with Gasteiger partial charge in [0, 0.05) is 0 Å². The summed E-state index contributed by atoms with van der Waals surface area (Å²) in [5, 5.41) is 0. The minimum Gasteiger partial charge on any atom is -0.497 e. The third-order valence-electron chi connectivity index (χ3n) is 7.11. The van der Waals surface area contributed by atoms with Crippen LogP contribution in [-0.4, -0.2) is 28.4 Å². The molecular weight excluding hydrogens is 556 g/mol. The molecule has 0 amide bonds. The Morgan fingerprint density at radius 1 is 0.422 bits per heavy atom. The van der Waals surface area contributed by atoms with Crippen molar-refractivity contribution in [3.05, 3.63) is 139 Å². The number of unbranched alkanes of at least 4 members (excludes halogenated alkanes) is 3. The summed E-state index contributed by atoms with van der Waals surface area (Å²) in [4.78, 5) is 0. The van der Waals surface area contributed by atoms with E-state index in [2.05, 4.69) is 55.5 Å². The number of ether oxygens (including phenoxy) is 4. The maximum Gasteiger partial charge on any atom is 0.118 e. The standard InChI is InChI=1S/C14H14O2.C14H20O.C13H12O/c1-15-13-7-3-11(4-8-13)12-5-9-14(16-2)10-6-12;1-3-4-5-6-7-8-13-9-11-14(15-2)12-10-13;1-14-13-9-7-12(8-10-13)11-5-3-2-4-6-11/h3-10H,1-2H3;7-12H,3-6H2,1-2H3;2-10H,1H3/b;8-7+;. The van der Waals surface area contributed by atoms with E-state index in [1.54, 1.807) is 28.4 Å². The van der Waals surface area contributed by atoms with E-state index in [1.807, 2.05) is 91.0 Å². The molecule has 45 heavy (non-hydrogen) atoms. The Kier molecular flexibility index (Phi) is 15.4. The van der Waals surface area contributed by atoms with Crippen molar-refractivity contribution in [3.8, 4) is 45.3 Å². The van der Waals surface area contributed by atoms with Crippen LogP contribution < -0.4 is 18.9 Å². The number of methoxy groups -OCH3 is 4. The van der Waals surface area contributed by atoms with Crippen LogP contribution >= 0.6 is 0 Å². The van der Waals surface area contributed by atoms with Crippen molar-refractivity contribution in [2.24, 2.45) is 0 Å². The lowest BCUT2D eigenvalue weighted by molar-refractivity contribution is 0.414. The van der Waals surface area contributed by atoms with Gasteiger partial charge >= 0.3 is 0 Å². The lowest BCUT2D eigenvalue weighted by atomic mass is 10.1. The Balaban J connectivity index is 0.000000184. The lowest BCUT2D eigenvalue weighted by Crippen LogP contribution is -1.84. The van der Waals surface area contributed by atoms with Crippen LogP contribution in [0.1, 0.15) is 38.2 Å². The maximum atomic E-state index is 5.12. The van der Waals surface area contributed by atoms with E-state index in [0.29, 0.717) is 0 Å². The van der Waals surface area contributed by atoms with Gasteiger partial charge in [0.1, 0.15) is 23.0 Å². The van der Waals surface area contributed by atoms with Gasteiger partial charge in [0.15, 0.2) is 0 Å². The first-order chi connectivity index (χ1) is 22.1. The van der Waals surface area contributed by atoms with Gasteiger partial charge in [0.05, 0.1) is 28.4 Å². The fraction of sp³-hybridized carbons (Fsp3) is 0.220. The molecule has 0 saturated carbocycles. The zero-order valence-electron chi connectivity index (χ0n) is 27.2. The summed E-state index contributed by atoms with van der Waals surface area (Å²) >= 11 is 0. The van der Waals surface area contributed by atoms with Gasteiger partial charge < -0.3 is 18.9 Å². The first-order valence-corrected chi connectivity index (χ1v) is 15.4. The van der Waals surface area contributed by atoms with Gasteiger partial charge in [-0.3, -0.25) is 0 Å².